The van der Waals surface area contributed by atoms with E-state index < -0.39 is 6.04 Å². The van der Waals surface area contributed by atoms with Gasteiger partial charge in [0, 0.05) is 44.1 Å². The van der Waals surface area contributed by atoms with Crippen molar-refractivity contribution >= 4 is 29.1 Å². The van der Waals surface area contributed by atoms with Gasteiger partial charge in [-0.1, -0.05) is 48.5 Å². The lowest BCUT2D eigenvalue weighted by molar-refractivity contribution is -0.121. The Balaban J connectivity index is 1.30. The third-order valence-electron chi connectivity index (χ3n) is 6.72. The molecule has 1 unspecified atom stereocenters. The van der Waals surface area contributed by atoms with Crippen LogP contribution in [0.25, 0.3) is 0 Å². The number of imide groups is 1. The zero-order chi connectivity index (χ0) is 24.2. The summed E-state index contributed by atoms with van der Waals surface area (Å²) >= 11 is 0. The smallest absolute Gasteiger partial charge is 0.261 e. The number of carbonyl (C=O) groups excluding carboxylic acids is 3. The van der Waals surface area contributed by atoms with Crippen LogP contribution < -0.4 is 10.2 Å². The molecule has 0 bridgehead atoms. The first-order valence-corrected chi connectivity index (χ1v) is 12.0. The largest absolute Gasteiger partial charge is 0.369 e. The van der Waals surface area contributed by atoms with Crippen LogP contribution in [0.2, 0.25) is 0 Å². The summed E-state index contributed by atoms with van der Waals surface area (Å²) in [7, 11) is 0. The summed E-state index contributed by atoms with van der Waals surface area (Å²) in [6, 6.07) is 26.0. The molecule has 0 aromatic heterocycles. The number of hydrogen-bond acceptors (Lipinski definition) is 5. The van der Waals surface area contributed by atoms with E-state index in [1.54, 1.807) is 24.3 Å². The summed E-state index contributed by atoms with van der Waals surface area (Å²) in [6.07, 6.45) is 0.371. The zero-order valence-electron chi connectivity index (χ0n) is 19.5. The van der Waals surface area contributed by atoms with E-state index in [0.717, 1.165) is 18.8 Å². The van der Waals surface area contributed by atoms with Crippen molar-refractivity contribution in [3.63, 3.8) is 0 Å². The molecule has 1 atom stereocenters. The maximum Gasteiger partial charge on any atom is 0.261 e. The lowest BCUT2D eigenvalue weighted by atomic mass is 10.1. The Morgan fingerprint density at radius 1 is 0.743 bits per heavy atom. The van der Waals surface area contributed by atoms with E-state index in [4.69, 9.17) is 0 Å². The predicted octanol–water partition coefficient (Wildman–Crippen LogP) is 3.50. The normalized spacial score (nSPS) is 16.8. The molecule has 0 saturated carbocycles. The van der Waals surface area contributed by atoms with E-state index in [0.29, 0.717) is 30.6 Å². The highest BCUT2D eigenvalue weighted by Crippen LogP contribution is 2.24. The highest BCUT2D eigenvalue weighted by atomic mass is 16.2. The average Bonchev–Trinajstić information content (AvgIpc) is 3.15. The van der Waals surface area contributed by atoms with Crippen LogP contribution in [-0.4, -0.2) is 66.3 Å². The molecule has 1 saturated heterocycles. The van der Waals surface area contributed by atoms with Crippen molar-refractivity contribution in [2.45, 2.75) is 12.5 Å². The maximum absolute atomic E-state index is 13.4. The Kier molecular flexibility index (Phi) is 6.59. The SMILES string of the molecule is O=C(Nc1ccccc1)C(CCN1C(=O)c2ccccc2C1=O)N1CCN(c2ccccc2)CC1. The summed E-state index contributed by atoms with van der Waals surface area (Å²) in [6.45, 7) is 3.21. The molecule has 35 heavy (non-hydrogen) atoms. The van der Waals surface area contributed by atoms with Gasteiger partial charge in [0.05, 0.1) is 17.2 Å². The van der Waals surface area contributed by atoms with Crippen molar-refractivity contribution in [3.05, 3.63) is 96.1 Å². The van der Waals surface area contributed by atoms with Gasteiger partial charge in [-0.2, -0.15) is 0 Å². The van der Waals surface area contributed by atoms with Crippen LogP contribution in [0, 0.1) is 0 Å². The second-order valence-electron chi connectivity index (χ2n) is 8.83. The van der Waals surface area contributed by atoms with Gasteiger partial charge in [0.15, 0.2) is 0 Å². The van der Waals surface area contributed by atoms with Crippen LogP contribution in [0.1, 0.15) is 27.1 Å². The van der Waals surface area contributed by atoms with Crippen LogP contribution in [-0.2, 0) is 4.79 Å². The number of hydrogen-bond donors (Lipinski definition) is 1. The molecule has 0 radical (unpaired) electrons. The number of para-hydroxylation sites is 2. The second-order valence-corrected chi connectivity index (χ2v) is 8.83. The van der Waals surface area contributed by atoms with Gasteiger partial charge in [-0.25, -0.2) is 0 Å². The number of piperazine rings is 1. The first-order valence-electron chi connectivity index (χ1n) is 12.0. The van der Waals surface area contributed by atoms with Gasteiger partial charge in [-0.15, -0.1) is 0 Å². The monoisotopic (exact) mass is 468 g/mol. The summed E-state index contributed by atoms with van der Waals surface area (Å²) < 4.78 is 0. The number of rotatable bonds is 7. The molecule has 178 valence electrons. The highest BCUT2D eigenvalue weighted by molar-refractivity contribution is 6.21. The molecule has 1 N–H and O–H groups in total. The standard InChI is InChI=1S/C28H28N4O3/c33-26(29-21-9-3-1-4-10-21)25(31-19-17-30(18-20-31)22-11-5-2-6-12-22)15-16-32-27(34)23-13-7-8-14-24(23)28(32)35/h1-14,25H,15-20H2,(H,29,33). The molecule has 2 heterocycles. The van der Waals surface area contributed by atoms with Gasteiger partial charge in [-0.3, -0.25) is 24.2 Å². The molecule has 3 aromatic carbocycles. The summed E-state index contributed by atoms with van der Waals surface area (Å²) in [5, 5.41) is 3.01. The summed E-state index contributed by atoms with van der Waals surface area (Å²) in [5.74, 6) is -0.704. The van der Waals surface area contributed by atoms with E-state index in [2.05, 4.69) is 27.2 Å². The second kappa shape index (κ2) is 10.1. The molecule has 0 spiro atoms. The molecular formula is C28H28N4O3. The van der Waals surface area contributed by atoms with Crippen molar-refractivity contribution in [2.75, 3.05) is 42.9 Å². The lowest BCUT2D eigenvalue weighted by Crippen LogP contribution is -2.54. The van der Waals surface area contributed by atoms with Crippen molar-refractivity contribution in [1.82, 2.24) is 9.80 Å². The number of anilines is 2. The van der Waals surface area contributed by atoms with Gasteiger partial charge < -0.3 is 10.2 Å². The Hall–Kier alpha value is -3.97. The molecule has 3 aromatic rings. The molecule has 2 aliphatic rings. The third kappa shape index (κ3) is 4.81. The van der Waals surface area contributed by atoms with Crippen LogP contribution >= 0.6 is 0 Å². The third-order valence-corrected chi connectivity index (χ3v) is 6.72. The Morgan fingerprint density at radius 2 is 1.29 bits per heavy atom. The van der Waals surface area contributed by atoms with Crippen LogP contribution in [0.3, 0.4) is 0 Å². The number of nitrogens with one attached hydrogen (secondary N) is 1. The molecular weight excluding hydrogens is 440 g/mol. The quantitative estimate of drug-likeness (QED) is 0.538. The topological polar surface area (TPSA) is 73.0 Å². The van der Waals surface area contributed by atoms with E-state index >= 15 is 0 Å². The number of fused-ring (bicyclic) bond motifs is 1. The molecule has 1 fully saturated rings. The van der Waals surface area contributed by atoms with Gasteiger partial charge >= 0.3 is 0 Å². The van der Waals surface area contributed by atoms with E-state index in [1.807, 2.05) is 48.5 Å². The van der Waals surface area contributed by atoms with Gasteiger partial charge in [-0.05, 0) is 42.8 Å². The molecule has 3 amide bonds. The molecule has 0 aliphatic carbocycles. The van der Waals surface area contributed by atoms with Crippen LogP contribution in [0.5, 0.6) is 0 Å². The van der Waals surface area contributed by atoms with Gasteiger partial charge in [0.1, 0.15) is 0 Å². The molecule has 2 aliphatic heterocycles. The minimum absolute atomic E-state index is 0.124. The van der Waals surface area contributed by atoms with E-state index in [9.17, 15) is 14.4 Å². The number of benzene rings is 3. The zero-order valence-corrected chi connectivity index (χ0v) is 19.5. The first kappa shape index (κ1) is 22.8. The lowest BCUT2D eigenvalue weighted by Gasteiger charge is -2.40. The van der Waals surface area contributed by atoms with Crippen LogP contribution in [0.4, 0.5) is 11.4 Å². The molecule has 5 rings (SSSR count). The van der Waals surface area contributed by atoms with Gasteiger partial charge in [0.2, 0.25) is 5.91 Å². The van der Waals surface area contributed by atoms with E-state index in [1.165, 1.54) is 10.6 Å². The number of carbonyl (C=O) groups is 3. The molecule has 7 heteroatoms. The first-order chi connectivity index (χ1) is 17.1. The Bertz CT molecular complexity index is 1170. The fraction of sp³-hybridized carbons (Fsp3) is 0.250. The number of nitrogens with zero attached hydrogens (tertiary/aromatic N) is 3. The van der Waals surface area contributed by atoms with Crippen molar-refractivity contribution in [2.24, 2.45) is 0 Å². The van der Waals surface area contributed by atoms with Crippen LogP contribution in [0.15, 0.2) is 84.9 Å². The summed E-state index contributed by atoms with van der Waals surface area (Å²) in [4.78, 5) is 44.8. The minimum atomic E-state index is -0.461. The maximum atomic E-state index is 13.4. The Labute approximate surface area is 204 Å². The number of amides is 3. The highest BCUT2D eigenvalue weighted by Gasteiger charge is 2.37. The van der Waals surface area contributed by atoms with Crippen molar-refractivity contribution < 1.29 is 14.4 Å². The van der Waals surface area contributed by atoms with Gasteiger partial charge in [0.25, 0.3) is 11.8 Å². The minimum Gasteiger partial charge on any atom is -0.369 e. The molecule has 7 nitrogen and oxygen atoms in total. The van der Waals surface area contributed by atoms with E-state index in [-0.39, 0.29) is 24.3 Å². The Morgan fingerprint density at radius 3 is 1.89 bits per heavy atom. The van der Waals surface area contributed by atoms with Crippen molar-refractivity contribution in [3.8, 4) is 0 Å². The fourth-order valence-electron chi connectivity index (χ4n) is 4.85. The summed E-state index contributed by atoms with van der Waals surface area (Å²) in [5.41, 5.74) is 2.76. The average molecular weight is 469 g/mol. The van der Waals surface area contributed by atoms with Crippen molar-refractivity contribution in [1.29, 1.82) is 0 Å². The predicted molar refractivity (Wildman–Crippen MR) is 136 cm³/mol. The fourth-order valence-corrected chi connectivity index (χ4v) is 4.85.